The maximum Gasteiger partial charge on any atom is 0.359 e. The molecule has 1 heterocycles. The molecule has 10 heteroatoms. The maximum absolute atomic E-state index is 13.5. The van der Waals surface area contributed by atoms with Crippen LogP contribution in [0.2, 0.25) is 0 Å². The van der Waals surface area contributed by atoms with Gasteiger partial charge in [0, 0.05) is 42.6 Å². The molecule has 4 aliphatic carbocycles. The fourth-order valence-electron chi connectivity index (χ4n) is 9.01. The number of fused-ring (bicyclic) bond motifs is 5. The molecule has 4 N–H and O–H groups in total. The predicted molar refractivity (Wildman–Crippen MR) is 158 cm³/mol. The average molecular weight is 594 g/mol. The predicted octanol–water partition coefficient (Wildman–Crippen LogP) is 4.25. The first-order chi connectivity index (χ1) is 19.9. The molecule has 4 aliphatic rings. The lowest BCUT2D eigenvalue weighted by Crippen LogP contribution is -2.76. The summed E-state index contributed by atoms with van der Waals surface area (Å²) in [6.45, 7) is 4.18. The van der Waals surface area contributed by atoms with Gasteiger partial charge < -0.3 is 19.8 Å². The van der Waals surface area contributed by atoms with Crippen molar-refractivity contribution in [3.63, 3.8) is 0 Å². The van der Waals surface area contributed by atoms with E-state index in [1.54, 1.807) is 29.9 Å². The van der Waals surface area contributed by atoms with E-state index < -0.39 is 28.2 Å². The van der Waals surface area contributed by atoms with Crippen molar-refractivity contribution < 1.29 is 29.1 Å². The second-order valence-electron chi connectivity index (χ2n) is 13.1. The van der Waals surface area contributed by atoms with Crippen LogP contribution in [0.4, 0.5) is 10.1 Å². The number of benzene rings is 1. The van der Waals surface area contributed by atoms with E-state index in [1.165, 1.54) is 30.2 Å². The molecule has 0 bridgehead atoms. The number of hydrogen-bond donors (Lipinski definition) is 4. The average Bonchev–Trinajstić information content (AvgIpc) is 3.50. The third kappa shape index (κ3) is 4.33. The first kappa shape index (κ1) is 29.0. The molecule has 0 radical (unpaired) electrons. The van der Waals surface area contributed by atoms with Gasteiger partial charge in [0.05, 0.1) is 12.4 Å². The molecule has 1 aromatic heterocycles. The quantitative estimate of drug-likeness (QED) is 0.173. The lowest BCUT2D eigenvalue weighted by molar-refractivity contribution is -0.513. The highest BCUT2D eigenvalue weighted by Gasteiger charge is 2.70. The maximum atomic E-state index is 13.5. The van der Waals surface area contributed by atoms with Gasteiger partial charge >= 0.3 is 5.97 Å². The van der Waals surface area contributed by atoms with Gasteiger partial charge in [0.1, 0.15) is 17.2 Å². The van der Waals surface area contributed by atoms with Gasteiger partial charge in [-0.05, 0) is 79.9 Å². The summed E-state index contributed by atoms with van der Waals surface area (Å²) in [5.41, 5.74) is 1.47. The summed E-state index contributed by atoms with van der Waals surface area (Å²) in [6, 6.07) is 6.33. The van der Waals surface area contributed by atoms with Crippen LogP contribution in [0.25, 0.3) is 0 Å². The van der Waals surface area contributed by atoms with Crippen molar-refractivity contribution in [2.45, 2.75) is 64.1 Å². The van der Waals surface area contributed by atoms with E-state index in [4.69, 9.17) is 10.1 Å². The largest absolute Gasteiger partial charge is 0.445 e. The van der Waals surface area contributed by atoms with Crippen molar-refractivity contribution >= 4 is 35.6 Å². The molecule has 0 aliphatic heterocycles. The molecule has 222 valence electrons. The monoisotopic (exact) mass is 593 g/mol. The van der Waals surface area contributed by atoms with Gasteiger partial charge in [-0.15, -0.1) is 12.6 Å². The van der Waals surface area contributed by atoms with Crippen molar-refractivity contribution in [3.8, 4) is 0 Å². The Balaban J connectivity index is 1.31. The number of halogens is 1. The summed E-state index contributed by atoms with van der Waals surface area (Å²) in [5.74, 6) is -0.859. The molecule has 3 saturated carbocycles. The summed E-state index contributed by atoms with van der Waals surface area (Å²) >= 11 is 4.27. The number of ether oxygens (including phenoxy) is 1. The molecule has 3 fully saturated rings. The minimum absolute atomic E-state index is 0.0523. The van der Waals surface area contributed by atoms with E-state index in [2.05, 4.69) is 30.6 Å². The molecule has 6 rings (SSSR count). The Labute approximate surface area is 250 Å². The number of nitrogens with zero attached hydrogens (tertiary/aromatic N) is 2. The van der Waals surface area contributed by atoms with Crippen molar-refractivity contribution in [2.75, 3.05) is 0 Å². The van der Waals surface area contributed by atoms with Crippen molar-refractivity contribution in [1.29, 1.82) is 5.41 Å². The van der Waals surface area contributed by atoms with Crippen LogP contribution in [0.1, 0.15) is 62.9 Å². The zero-order chi connectivity index (χ0) is 30.0. The van der Waals surface area contributed by atoms with Crippen LogP contribution in [0.15, 0.2) is 59.7 Å². The Kier molecular flexibility index (Phi) is 7.10. The third-order valence-corrected chi connectivity index (χ3v) is 11.3. The van der Waals surface area contributed by atoms with Crippen LogP contribution in [0.3, 0.4) is 0 Å². The van der Waals surface area contributed by atoms with Gasteiger partial charge in [0.2, 0.25) is 5.12 Å². The van der Waals surface area contributed by atoms with E-state index in [1.807, 2.05) is 12.2 Å². The van der Waals surface area contributed by atoms with Crippen molar-refractivity contribution in [3.05, 3.63) is 71.2 Å². The number of carbonyl (C=O) groups is 2. The molecular formula is C32H38FN4O4S+. The van der Waals surface area contributed by atoms with E-state index in [0.717, 1.165) is 29.8 Å². The molecule has 0 spiro atoms. The second kappa shape index (κ2) is 10.3. The summed E-state index contributed by atoms with van der Waals surface area (Å²) < 4.78 is 21.2. The molecular weight excluding hydrogens is 555 g/mol. The van der Waals surface area contributed by atoms with Gasteiger partial charge in [-0.1, -0.05) is 19.4 Å². The number of aromatic nitrogens is 2. The van der Waals surface area contributed by atoms with E-state index in [-0.39, 0.29) is 34.7 Å². The number of rotatable bonds is 6. The lowest BCUT2D eigenvalue weighted by atomic mass is 9.45. The summed E-state index contributed by atoms with van der Waals surface area (Å²) in [4.78, 5) is 30.6. The fourth-order valence-corrected chi connectivity index (χ4v) is 9.42. The van der Waals surface area contributed by atoms with Crippen LogP contribution in [0, 0.1) is 39.8 Å². The number of carbonyl (C=O) groups excluding carboxylic acids is 2. The normalized spacial score (nSPS) is 35.5. The summed E-state index contributed by atoms with van der Waals surface area (Å²) in [6.07, 6.45) is 9.54. The third-order valence-electron chi connectivity index (χ3n) is 10.9. The lowest BCUT2D eigenvalue weighted by Gasteiger charge is -2.60. The number of allylic oxidation sites excluding steroid dienone is 3. The Bertz CT molecular complexity index is 1520. The molecule has 8 nitrogen and oxygen atoms in total. The van der Waals surface area contributed by atoms with Gasteiger partial charge in [-0.2, -0.15) is 0 Å². The van der Waals surface area contributed by atoms with Crippen LogP contribution in [-0.4, -0.2) is 43.7 Å². The first-order valence-corrected chi connectivity index (χ1v) is 15.0. The number of nitrogens with two attached hydrogens (primary N) is 1. The van der Waals surface area contributed by atoms with Gasteiger partial charge in [-0.3, -0.25) is 10.1 Å². The number of imidazole rings is 1. The van der Waals surface area contributed by atoms with E-state index in [9.17, 15) is 19.1 Å². The highest BCUT2D eigenvalue weighted by Crippen LogP contribution is 2.68. The molecule has 7 atom stereocenters. The fraction of sp³-hybridized carbons (Fsp3) is 0.500. The Morgan fingerprint density at radius 1 is 1.26 bits per heavy atom. The number of nitrogens with one attached hydrogen (secondary N) is 1. The van der Waals surface area contributed by atoms with E-state index in [0.29, 0.717) is 25.7 Å². The van der Waals surface area contributed by atoms with Gasteiger partial charge in [-0.25, -0.2) is 14.2 Å². The van der Waals surface area contributed by atoms with E-state index >= 15 is 0 Å². The van der Waals surface area contributed by atoms with Crippen molar-refractivity contribution in [1.82, 2.24) is 9.55 Å². The number of thiol groups is 1. The zero-order valence-electron chi connectivity index (χ0n) is 24.1. The molecule has 7 unspecified atom stereocenters. The van der Waals surface area contributed by atoms with Gasteiger partial charge in [0.25, 0.3) is 0 Å². The topological polar surface area (TPSA) is 122 Å². The Morgan fingerprint density at radius 2 is 2.00 bits per heavy atom. The molecule has 0 amide bonds. The highest BCUT2D eigenvalue weighted by molar-refractivity contribution is 7.96. The highest BCUT2D eigenvalue weighted by atomic mass is 32.1. The summed E-state index contributed by atoms with van der Waals surface area (Å²) in [5, 5.41) is 21.7. The number of esters is 1. The molecule has 1 aromatic carbocycles. The minimum atomic E-state index is -1.46. The zero-order valence-corrected chi connectivity index (χ0v) is 25.0. The first-order valence-electron chi connectivity index (χ1n) is 14.6. The smallest absolute Gasteiger partial charge is 0.359 e. The number of hydrogen-bond acceptors (Lipinski definition) is 6. The number of aliphatic hydroxyl groups is 1. The van der Waals surface area contributed by atoms with Crippen LogP contribution in [0.5, 0.6) is 0 Å². The molecule has 2 aromatic rings. The minimum Gasteiger partial charge on any atom is -0.445 e. The Morgan fingerprint density at radius 3 is 2.64 bits per heavy atom. The summed E-state index contributed by atoms with van der Waals surface area (Å²) in [7, 11) is 1.76. The van der Waals surface area contributed by atoms with Crippen LogP contribution >= 0.6 is 12.6 Å². The van der Waals surface area contributed by atoms with Crippen LogP contribution < -0.4 is 5.32 Å². The Hall–Kier alpha value is -3.08. The number of aryl methyl sites for hydroxylation is 1. The molecule has 42 heavy (non-hydrogen) atoms. The van der Waals surface area contributed by atoms with Gasteiger partial charge in [0.15, 0.2) is 11.3 Å². The van der Waals surface area contributed by atoms with Crippen molar-refractivity contribution in [2.24, 2.45) is 35.6 Å². The number of quaternary nitrogens is 1. The van der Waals surface area contributed by atoms with Crippen LogP contribution in [-0.2, 0) is 16.6 Å². The standard InChI is InChI=1S/C32H37FN4O4S/c1-30-13-18(15-34)24(36-21-7-5-20(33)6-8-21)12-19(30)4-9-22-23-10-11-32(29(40)42,31(23,2)14-26(38)27(22)30)41-28(39)25-16-37(3)17-35-25/h5-8,12,15-17,22-23,26-27,34,36,38H,4,9-11,13-14H2,1-3H3,(H,40,42)/p+1. The molecule has 0 saturated heterocycles. The second-order valence-corrected chi connectivity index (χ2v) is 13.5. The number of aliphatic hydroxyl groups excluding tert-OH is 1. The SMILES string of the molecule is Cn1cnc(C(=O)OC2(C(=O)S)CCC3C4CCC5=CC([NH2+]c6ccc(F)cc6)=C(C=N)CC5(C)C4C(O)CC32C)c1.